The summed E-state index contributed by atoms with van der Waals surface area (Å²) in [6, 6.07) is 0. The molecule has 0 saturated heterocycles. The molecule has 0 radical (unpaired) electrons. The lowest BCUT2D eigenvalue weighted by Crippen LogP contribution is -1.84. The molecule has 1 saturated carbocycles. The zero-order valence-electron chi connectivity index (χ0n) is 4.16. The van der Waals surface area contributed by atoms with E-state index in [-0.39, 0.29) is 0 Å². The Labute approximate surface area is 43.5 Å². The lowest BCUT2D eigenvalue weighted by Gasteiger charge is -1.90. The van der Waals surface area contributed by atoms with Crippen molar-refractivity contribution in [1.82, 2.24) is 0 Å². The van der Waals surface area contributed by atoms with E-state index in [1.54, 1.807) is 0 Å². The largest absolute Gasteiger partial charge is 0.122 e. The van der Waals surface area contributed by atoms with Crippen LogP contribution in [0.3, 0.4) is 0 Å². The van der Waals surface area contributed by atoms with Gasteiger partial charge in [0.05, 0.1) is 0 Å². The number of halogens is 1. The Kier molecular flexibility index (Phi) is 0.682. The highest BCUT2D eigenvalue weighted by atomic mass is 35.5. The van der Waals surface area contributed by atoms with E-state index >= 15 is 0 Å². The summed E-state index contributed by atoms with van der Waals surface area (Å²) in [5.74, 6) is 0. The molecule has 0 unspecified atom stereocenters. The third-order valence-electron chi connectivity index (χ3n) is 1.39. The second kappa shape index (κ2) is 0.919. The van der Waals surface area contributed by atoms with Crippen molar-refractivity contribution in [2.75, 3.05) is 0 Å². The van der Waals surface area contributed by atoms with Crippen LogP contribution in [-0.2, 0) is 0 Å². The summed E-state index contributed by atoms with van der Waals surface area (Å²) >= 11 is 5.68. The quantitative estimate of drug-likeness (QED) is 0.413. The van der Waals surface area contributed by atoms with Crippen LogP contribution in [0.1, 0.15) is 20.3 Å². The highest BCUT2D eigenvalue weighted by Gasteiger charge is 2.43. The zero-order chi connectivity index (χ0) is 4.78. The van der Waals surface area contributed by atoms with Crippen molar-refractivity contribution < 1.29 is 0 Å². The van der Waals surface area contributed by atoms with Gasteiger partial charge in [-0.1, -0.05) is 13.8 Å². The fourth-order valence-electron chi connectivity index (χ4n) is 0.403. The van der Waals surface area contributed by atoms with Gasteiger partial charge in [0.2, 0.25) is 0 Å². The molecule has 1 fully saturated rings. The molecular formula is C5H9Cl. The van der Waals surface area contributed by atoms with E-state index < -0.39 is 0 Å². The summed E-state index contributed by atoms with van der Waals surface area (Å²) in [5.41, 5.74) is 0.474. The van der Waals surface area contributed by atoms with Gasteiger partial charge in [0, 0.05) is 5.38 Å². The van der Waals surface area contributed by atoms with Gasteiger partial charge in [0.25, 0.3) is 0 Å². The molecule has 1 aliphatic carbocycles. The van der Waals surface area contributed by atoms with Crippen LogP contribution in [0.15, 0.2) is 0 Å². The lowest BCUT2D eigenvalue weighted by molar-refractivity contribution is 0.655. The summed E-state index contributed by atoms with van der Waals surface area (Å²) < 4.78 is 0. The van der Waals surface area contributed by atoms with Crippen molar-refractivity contribution in [1.29, 1.82) is 0 Å². The molecule has 0 aromatic carbocycles. The standard InChI is InChI=1S/C5H9Cl/c1-5(2)3-4(5)6/h4H,3H2,1-2H3/t4-/m1/s1. The summed E-state index contributed by atoms with van der Waals surface area (Å²) in [7, 11) is 0. The third kappa shape index (κ3) is 0.538. The first-order chi connectivity index (χ1) is 2.63. The summed E-state index contributed by atoms with van der Waals surface area (Å²) in [6.45, 7) is 4.37. The summed E-state index contributed by atoms with van der Waals surface area (Å²) in [6.07, 6.45) is 1.20. The molecule has 0 heterocycles. The van der Waals surface area contributed by atoms with Crippen molar-refractivity contribution in [3.63, 3.8) is 0 Å². The van der Waals surface area contributed by atoms with Crippen molar-refractivity contribution in [3.05, 3.63) is 0 Å². The van der Waals surface area contributed by atoms with Crippen LogP contribution in [0, 0.1) is 5.41 Å². The molecule has 1 heteroatoms. The Bertz CT molecular complexity index is 66.3. The van der Waals surface area contributed by atoms with Gasteiger partial charge in [-0.3, -0.25) is 0 Å². The lowest BCUT2D eigenvalue weighted by atomic mass is 10.2. The summed E-state index contributed by atoms with van der Waals surface area (Å²) in [4.78, 5) is 0. The molecule has 0 amide bonds. The monoisotopic (exact) mass is 104 g/mol. The first-order valence-electron chi connectivity index (χ1n) is 2.27. The normalized spacial score (nSPS) is 39.5. The van der Waals surface area contributed by atoms with Gasteiger partial charge in [-0.25, -0.2) is 0 Å². The molecule has 1 aliphatic rings. The number of hydrogen-bond acceptors (Lipinski definition) is 0. The SMILES string of the molecule is CC1(C)C[C@H]1Cl. The Balaban J connectivity index is 2.41. The Morgan fingerprint density at radius 1 is 1.67 bits per heavy atom. The molecule has 0 aliphatic heterocycles. The molecule has 0 nitrogen and oxygen atoms in total. The first kappa shape index (κ1) is 4.45. The minimum absolute atomic E-state index is 0.470. The van der Waals surface area contributed by atoms with Gasteiger partial charge in [0.1, 0.15) is 0 Å². The second-order valence-electron chi connectivity index (χ2n) is 2.66. The molecule has 1 rings (SSSR count). The van der Waals surface area contributed by atoms with Gasteiger partial charge in [-0.05, 0) is 11.8 Å². The number of alkyl halides is 1. The molecular weight excluding hydrogens is 95.5 g/mol. The van der Waals surface area contributed by atoms with E-state index in [1.807, 2.05) is 0 Å². The van der Waals surface area contributed by atoms with Crippen LogP contribution in [0.4, 0.5) is 0 Å². The van der Waals surface area contributed by atoms with Gasteiger partial charge in [-0.2, -0.15) is 0 Å². The maximum absolute atomic E-state index is 5.68. The highest BCUT2D eigenvalue weighted by Crippen LogP contribution is 2.48. The van der Waals surface area contributed by atoms with Gasteiger partial charge >= 0.3 is 0 Å². The minimum atomic E-state index is 0.470. The van der Waals surface area contributed by atoms with E-state index in [9.17, 15) is 0 Å². The highest BCUT2D eigenvalue weighted by molar-refractivity contribution is 6.23. The van der Waals surface area contributed by atoms with E-state index in [0.717, 1.165) is 0 Å². The fourth-order valence-corrected chi connectivity index (χ4v) is 0.801. The van der Waals surface area contributed by atoms with Crippen molar-refractivity contribution in [2.45, 2.75) is 25.6 Å². The van der Waals surface area contributed by atoms with Crippen LogP contribution in [0.25, 0.3) is 0 Å². The average Bonchev–Trinajstić information content (AvgIpc) is 1.73. The Morgan fingerprint density at radius 2 is 1.83 bits per heavy atom. The van der Waals surface area contributed by atoms with E-state index in [4.69, 9.17) is 11.6 Å². The first-order valence-corrected chi connectivity index (χ1v) is 2.71. The number of rotatable bonds is 0. The van der Waals surface area contributed by atoms with Gasteiger partial charge in [0.15, 0.2) is 0 Å². The molecule has 0 bridgehead atoms. The van der Waals surface area contributed by atoms with Crippen molar-refractivity contribution in [2.24, 2.45) is 5.41 Å². The van der Waals surface area contributed by atoms with Crippen molar-refractivity contribution >= 4 is 11.6 Å². The fraction of sp³-hybridized carbons (Fsp3) is 1.00. The van der Waals surface area contributed by atoms with Gasteiger partial charge < -0.3 is 0 Å². The smallest absolute Gasteiger partial charge is 0.0393 e. The van der Waals surface area contributed by atoms with Crippen LogP contribution in [0.5, 0.6) is 0 Å². The van der Waals surface area contributed by atoms with Crippen LogP contribution < -0.4 is 0 Å². The van der Waals surface area contributed by atoms with E-state index in [1.165, 1.54) is 6.42 Å². The molecule has 0 spiro atoms. The minimum Gasteiger partial charge on any atom is -0.122 e. The molecule has 0 N–H and O–H groups in total. The molecule has 36 valence electrons. The summed E-state index contributed by atoms with van der Waals surface area (Å²) in [5, 5.41) is 0.470. The third-order valence-corrected chi connectivity index (χ3v) is 2.14. The van der Waals surface area contributed by atoms with Gasteiger partial charge in [-0.15, -0.1) is 11.6 Å². The molecule has 0 aromatic heterocycles. The molecule has 0 aromatic rings. The van der Waals surface area contributed by atoms with Crippen molar-refractivity contribution in [3.8, 4) is 0 Å². The Hall–Kier alpha value is 0.290. The maximum atomic E-state index is 5.68. The predicted octanol–water partition coefficient (Wildman–Crippen LogP) is 2.02. The maximum Gasteiger partial charge on any atom is 0.0393 e. The zero-order valence-corrected chi connectivity index (χ0v) is 4.92. The topological polar surface area (TPSA) is 0 Å². The van der Waals surface area contributed by atoms with E-state index in [0.29, 0.717) is 10.8 Å². The van der Waals surface area contributed by atoms with Crippen LogP contribution in [0.2, 0.25) is 0 Å². The molecule has 1 atom stereocenters. The second-order valence-corrected chi connectivity index (χ2v) is 3.19. The molecule has 6 heavy (non-hydrogen) atoms. The Morgan fingerprint density at radius 3 is 1.83 bits per heavy atom. The predicted molar refractivity (Wildman–Crippen MR) is 28.0 cm³/mol. The van der Waals surface area contributed by atoms with Crippen LogP contribution >= 0.6 is 11.6 Å². The van der Waals surface area contributed by atoms with Crippen LogP contribution in [-0.4, -0.2) is 5.38 Å². The average molecular weight is 105 g/mol. The number of hydrogen-bond donors (Lipinski definition) is 0. The van der Waals surface area contributed by atoms with E-state index in [2.05, 4.69) is 13.8 Å².